The average Bonchev–Trinajstić information content (AvgIpc) is 3.37. The lowest BCUT2D eigenvalue weighted by atomic mass is 10.1. The molecule has 1 aromatic heterocycles. The summed E-state index contributed by atoms with van der Waals surface area (Å²) in [5, 5.41) is 3.96. The maximum absolute atomic E-state index is 12.6. The highest BCUT2D eigenvalue weighted by molar-refractivity contribution is 5.94. The number of hydrogen-bond acceptors (Lipinski definition) is 4. The smallest absolute Gasteiger partial charge is 0.324 e. The highest BCUT2D eigenvalue weighted by Crippen LogP contribution is 2.22. The molecular weight excluding hydrogens is 354 g/mol. The van der Waals surface area contributed by atoms with Gasteiger partial charge in [0.25, 0.3) is 6.57 Å². The molecule has 2 aromatic rings. The lowest BCUT2D eigenvalue weighted by molar-refractivity contribution is -0.132. The van der Waals surface area contributed by atoms with E-state index in [0.717, 1.165) is 36.7 Å². The summed E-state index contributed by atoms with van der Waals surface area (Å²) in [5.74, 6) is -0.118. The van der Waals surface area contributed by atoms with E-state index in [1.54, 1.807) is 11.1 Å². The second kappa shape index (κ2) is 7.95. The molecule has 0 spiro atoms. The molecule has 0 unspecified atom stereocenters. The van der Waals surface area contributed by atoms with Gasteiger partial charge in [0.05, 0.1) is 36.3 Å². The van der Waals surface area contributed by atoms with Crippen LogP contribution >= 0.6 is 0 Å². The Hall–Kier alpha value is -2.98. The highest BCUT2D eigenvalue weighted by Gasteiger charge is 2.37. The largest absolute Gasteiger partial charge is 0.349 e. The molecule has 0 aliphatic carbocycles. The molecule has 7 heteroatoms. The van der Waals surface area contributed by atoms with Crippen molar-refractivity contribution >= 4 is 28.4 Å². The van der Waals surface area contributed by atoms with Crippen molar-refractivity contribution in [1.29, 1.82) is 0 Å². The number of nitrogens with one attached hydrogen (secondary N) is 1. The van der Waals surface area contributed by atoms with Crippen LogP contribution in [0.1, 0.15) is 19.3 Å². The zero-order valence-corrected chi connectivity index (χ0v) is 15.8. The Kier molecular flexibility index (Phi) is 5.22. The number of aromatic nitrogens is 1. The number of pyridine rings is 1. The highest BCUT2D eigenvalue weighted by atomic mass is 16.2. The van der Waals surface area contributed by atoms with Crippen molar-refractivity contribution in [3.05, 3.63) is 41.4 Å². The van der Waals surface area contributed by atoms with Gasteiger partial charge in [0.2, 0.25) is 11.8 Å². The maximum atomic E-state index is 12.6. The second-order valence-corrected chi connectivity index (χ2v) is 7.49. The summed E-state index contributed by atoms with van der Waals surface area (Å²) < 4.78 is 0. The van der Waals surface area contributed by atoms with E-state index in [2.05, 4.69) is 15.1 Å². The summed E-state index contributed by atoms with van der Waals surface area (Å²) in [6, 6.07) is 9.73. The summed E-state index contributed by atoms with van der Waals surface area (Å²) in [4.78, 5) is 37.1. The van der Waals surface area contributed by atoms with E-state index in [0.29, 0.717) is 25.3 Å². The number of fused-ring (bicyclic) bond motifs is 1. The van der Waals surface area contributed by atoms with Crippen molar-refractivity contribution < 1.29 is 9.59 Å². The number of rotatable bonds is 4. The Morgan fingerprint density at radius 3 is 2.96 bits per heavy atom. The summed E-state index contributed by atoms with van der Waals surface area (Å²) in [6.45, 7) is 7.73. The lowest BCUT2D eigenvalue weighted by Crippen LogP contribution is -2.41. The Bertz CT molecular complexity index is 938. The molecule has 7 nitrogen and oxygen atoms in total. The molecule has 2 atom stereocenters. The Balaban J connectivity index is 1.32. The fraction of sp³-hybridized carbons (Fsp3) is 0.429. The Labute approximate surface area is 164 Å². The predicted octanol–water partition coefficient (Wildman–Crippen LogP) is 2.41. The number of benzene rings is 1. The molecule has 2 aliphatic rings. The van der Waals surface area contributed by atoms with E-state index in [1.165, 1.54) is 0 Å². The molecule has 2 amide bonds. The van der Waals surface area contributed by atoms with E-state index in [1.807, 2.05) is 35.2 Å². The fourth-order valence-electron chi connectivity index (χ4n) is 4.05. The number of likely N-dealkylation sites (tertiary alicyclic amines) is 2. The normalized spacial score (nSPS) is 22.3. The quantitative estimate of drug-likeness (QED) is 0.887. The average molecular weight is 378 g/mol. The minimum atomic E-state index is -0.199. The third kappa shape index (κ3) is 3.82. The van der Waals surface area contributed by atoms with Crippen molar-refractivity contribution in [1.82, 2.24) is 14.8 Å². The van der Waals surface area contributed by atoms with Crippen LogP contribution in [-0.4, -0.2) is 58.9 Å². The molecule has 28 heavy (non-hydrogen) atoms. The van der Waals surface area contributed by atoms with Crippen LogP contribution in [0.5, 0.6) is 0 Å². The van der Waals surface area contributed by atoms with E-state index in [9.17, 15) is 9.59 Å². The first-order valence-corrected chi connectivity index (χ1v) is 9.71. The molecule has 2 saturated heterocycles. The van der Waals surface area contributed by atoms with E-state index in [-0.39, 0.29) is 23.9 Å². The first kappa shape index (κ1) is 18.4. The van der Waals surface area contributed by atoms with Gasteiger partial charge >= 0.3 is 6.17 Å². The van der Waals surface area contributed by atoms with Gasteiger partial charge in [0, 0.05) is 18.5 Å². The van der Waals surface area contributed by atoms with Crippen LogP contribution in [0, 0.1) is 12.5 Å². The molecule has 0 saturated carbocycles. The van der Waals surface area contributed by atoms with Gasteiger partial charge in [-0.1, -0.05) is 23.0 Å². The van der Waals surface area contributed by atoms with Crippen LogP contribution in [0.3, 0.4) is 0 Å². The van der Waals surface area contributed by atoms with Crippen molar-refractivity contribution in [3.8, 4) is 6.57 Å². The van der Waals surface area contributed by atoms with Crippen molar-refractivity contribution in [2.24, 2.45) is 5.92 Å². The number of anilines is 1. The summed E-state index contributed by atoms with van der Waals surface area (Å²) in [5.41, 5.74) is 1.60. The number of amides is 2. The van der Waals surface area contributed by atoms with E-state index >= 15 is 0 Å². The Morgan fingerprint density at radius 1 is 1.25 bits per heavy atom. The zero-order chi connectivity index (χ0) is 19.5. The molecule has 1 N–H and O–H groups in total. The molecule has 3 heterocycles. The van der Waals surface area contributed by atoms with Crippen LogP contribution in [0.2, 0.25) is 0 Å². The molecule has 0 bridgehead atoms. The standard InChI is InChI=1S/C21H23N5O2/c1-22-19-7-4-9-26(19)20(27)14-25-10-8-16(13-25)21(28)24-17-11-15-5-2-3-6-18(15)23-12-17/h1-3,5-6,11-12,16,19H,4,7-10,13-14H2/p+1/t16-,19+/m1/s1. The lowest BCUT2D eigenvalue weighted by Gasteiger charge is -2.20. The first-order valence-electron chi connectivity index (χ1n) is 9.71. The SMILES string of the molecule is C#[N+][C@@H]1CCCN1C(=O)CN1CC[C@@H](C(=O)Nc2cnc3ccccc3c2)C1. The second-order valence-electron chi connectivity index (χ2n) is 7.49. The van der Waals surface area contributed by atoms with Gasteiger partial charge in [-0.2, -0.15) is 0 Å². The van der Waals surface area contributed by atoms with Crippen molar-refractivity contribution in [2.75, 3.05) is 31.5 Å². The molecular formula is C21H24N5O2+. The molecule has 1 aromatic carbocycles. The first-order chi connectivity index (χ1) is 13.6. The monoisotopic (exact) mass is 378 g/mol. The molecule has 0 radical (unpaired) electrons. The van der Waals surface area contributed by atoms with Crippen LogP contribution in [0.4, 0.5) is 5.69 Å². The summed E-state index contributed by atoms with van der Waals surface area (Å²) in [6.07, 6.45) is 3.98. The minimum absolute atomic E-state index is 0.0250. The number of hydrogen-bond donors (Lipinski definition) is 1. The van der Waals surface area contributed by atoms with Crippen LogP contribution in [0.25, 0.3) is 15.7 Å². The third-order valence-electron chi connectivity index (χ3n) is 5.57. The minimum Gasteiger partial charge on any atom is -0.324 e. The van der Waals surface area contributed by atoms with E-state index in [4.69, 9.17) is 6.57 Å². The molecule has 2 fully saturated rings. The zero-order valence-electron chi connectivity index (χ0n) is 15.8. The maximum Gasteiger partial charge on any atom is 0.349 e. The van der Waals surface area contributed by atoms with Gasteiger partial charge in [-0.15, -0.1) is 0 Å². The van der Waals surface area contributed by atoms with Gasteiger partial charge in [-0.05, 0) is 31.5 Å². The Morgan fingerprint density at radius 2 is 2.11 bits per heavy atom. The molecule has 2 aliphatic heterocycles. The van der Waals surface area contributed by atoms with Gasteiger partial charge < -0.3 is 5.32 Å². The molecule has 144 valence electrons. The summed E-state index contributed by atoms with van der Waals surface area (Å²) in [7, 11) is 0. The van der Waals surface area contributed by atoms with Gasteiger partial charge in [0.15, 0.2) is 0 Å². The number of para-hydroxylation sites is 1. The predicted molar refractivity (Wildman–Crippen MR) is 108 cm³/mol. The van der Waals surface area contributed by atoms with Crippen molar-refractivity contribution in [2.45, 2.75) is 25.4 Å². The van der Waals surface area contributed by atoms with Gasteiger partial charge in [-0.3, -0.25) is 24.4 Å². The van der Waals surface area contributed by atoms with Gasteiger partial charge in [-0.25, -0.2) is 0 Å². The fourth-order valence-corrected chi connectivity index (χ4v) is 4.05. The number of nitrogens with zero attached hydrogens (tertiary/aromatic N) is 4. The van der Waals surface area contributed by atoms with Crippen LogP contribution < -0.4 is 5.32 Å². The third-order valence-corrected chi connectivity index (χ3v) is 5.57. The summed E-state index contributed by atoms with van der Waals surface area (Å²) >= 11 is 0. The number of carbonyl (C=O) groups is 2. The van der Waals surface area contributed by atoms with Gasteiger partial charge in [0.1, 0.15) is 0 Å². The molecule has 4 rings (SSSR count). The van der Waals surface area contributed by atoms with E-state index < -0.39 is 0 Å². The topological polar surface area (TPSA) is 69.9 Å². The van der Waals surface area contributed by atoms with Crippen molar-refractivity contribution in [3.63, 3.8) is 0 Å². The van der Waals surface area contributed by atoms with Crippen LogP contribution in [0.15, 0.2) is 36.5 Å². The van der Waals surface area contributed by atoms with Crippen LogP contribution in [-0.2, 0) is 9.59 Å². The number of carbonyl (C=O) groups excluding carboxylic acids is 2.